The van der Waals surface area contributed by atoms with Gasteiger partial charge in [-0.3, -0.25) is 9.35 Å². The minimum absolute atomic E-state index is 0.0351. The van der Waals surface area contributed by atoms with Crippen molar-refractivity contribution in [3.8, 4) is 0 Å². The third-order valence-electron chi connectivity index (χ3n) is 12.5. The molecule has 0 bridgehead atoms. The van der Waals surface area contributed by atoms with Gasteiger partial charge in [-0.2, -0.15) is 8.42 Å². The Morgan fingerprint density at radius 3 is 1.51 bits per heavy atom. The van der Waals surface area contributed by atoms with Gasteiger partial charge in [-0.1, -0.05) is 224 Å². The number of carbonyl (C=O) groups excluding carboxylic acids is 1. The van der Waals surface area contributed by atoms with E-state index in [1.165, 1.54) is 141 Å². The molecule has 1 heterocycles. The number of aliphatic hydroxyl groups excluding tert-OH is 3. The van der Waals surface area contributed by atoms with Crippen molar-refractivity contribution in [1.82, 2.24) is 0 Å². The molecule has 0 aromatic heterocycles. The summed E-state index contributed by atoms with van der Waals surface area (Å²) in [6.07, 6.45) is 46.1. The first kappa shape index (κ1) is 63.3. The molecule has 6 unspecified atom stereocenters. The topological polar surface area (TPSA) is 178 Å². The van der Waals surface area contributed by atoms with Crippen LogP contribution in [-0.2, 0) is 38.3 Å². The molecule has 0 spiro atoms. The molecule has 13 heteroatoms. The fourth-order valence-electron chi connectivity index (χ4n) is 8.45. The standard InChI is InChI=1S/C54H100O12S/c1-3-5-7-9-11-13-15-17-19-21-22-23-24-25-26-28-30-32-34-36-38-40-42-44-62-46-48(47-63-54-52(58)53(66-67(59,60)61)51(57)49(45-55)65-54)64-50(56)43-41-39-37-35-33-31-29-27-20-18-16-14-12-10-8-6-4-2/h6,8,12,14,18,20,48-49,51-55,57-58H,3-5,7,9-11,13,15-17,19,21-47H2,1-2H3,(H,59,60,61)/b8-6-,14-12-,20-18-. The SMILES string of the molecule is CC/C=C\C/C=C\C/C=C\CCCCCCCCCC(=O)OC(COCCCCCCCCCCCCCCCCCCCCCCCCC)COC1OC(CO)C(O)C(OS(=O)(=O)O)C1O. The second kappa shape index (κ2) is 45.5. The monoisotopic (exact) mass is 973 g/mol. The van der Waals surface area contributed by atoms with E-state index in [0.717, 1.165) is 70.6 Å². The highest BCUT2D eigenvalue weighted by Crippen LogP contribution is 2.26. The molecule has 394 valence electrons. The summed E-state index contributed by atoms with van der Waals surface area (Å²) in [4.78, 5) is 12.9. The Labute approximate surface area is 409 Å². The van der Waals surface area contributed by atoms with Crippen molar-refractivity contribution in [3.05, 3.63) is 36.5 Å². The Morgan fingerprint density at radius 2 is 1.03 bits per heavy atom. The molecule has 67 heavy (non-hydrogen) atoms. The van der Waals surface area contributed by atoms with Crippen LogP contribution in [0.1, 0.15) is 239 Å². The lowest BCUT2D eigenvalue weighted by atomic mass is 9.99. The Bertz CT molecular complexity index is 1310. The zero-order valence-corrected chi connectivity index (χ0v) is 43.3. The van der Waals surface area contributed by atoms with E-state index in [1.54, 1.807) is 0 Å². The molecule has 0 amide bonds. The van der Waals surface area contributed by atoms with E-state index in [0.29, 0.717) is 13.0 Å². The predicted molar refractivity (Wildman–Crippen MR) is 271 cm³/mol. The number of aliphatic hydroxyl groups is 3. The Balaban J connectivity index is 2.31. The number of carbonyl (C=O) groups is 1. The van der Waals surface area contributed by atoms with E-state index in [1.807, 2.05) is 0 Å². The molecule has 0 aromatic rings. The zero-order chi connectivity index (χ0) is 48.9. The highest BCUT2D eigenvalue weighted by atomic mass is 32.3. The largest absolute Gasteiger partial charge is 0.457 e. The fourth-order valence-corrected chi connectivity index (χ4v) is 8.96. The number of esters is 1. The van der Waals surface area contributed by atoms with Crippen molar-refractivity contribution in [2.75, 3.05) is 26.4 Å². The third-order valence-corrected chi connectivity index (χ3v) is 13.0. The van der Waals surface area contributed by atoms with E-state index in [2.05, 4.69) is 54.5 Å². The van der Waals surface area contributed by atoms with Gasteiger partial charge < -0.3 is 34.3 Å². The molecule has 0 saturated carbocycles. The first-order chi connectivity index (χ1) is 32.6. The van der Waals surface area contributed by atoms with Gasteiger partial charge in [0, 0.05) is 13.0 Å². The number of hydrogen-bond acceptors (Lipinski definition) is 11. The van der Waals surface area contributed by atoms with Gasteiger partial charge >= 0.3 is 16.4 Å². The molecule has 0 radical (unpaired) electrons. The number of hydrogen-bond donors (Lipinski definition) is 4. The molecule has 12 nitrogen and oxygen atoms in total. The molecule has 1 saturated heterocycles. The van der Waals surface area contributed by atoms with Gasteiger partial charge in [0.25, 0.3) is 0 Å². The summed E-state index contributed by atoms with van der Waals surface area (Å²) in [7, 11) is -5.07. The summed E-state index contributed by atoms with van der Waals surface area (Å²) in [5.74, 6) is -0.405. The van der Waals surface area contributed by atoms with E-state index < -0.39 is 59.8 Å². The van der Waals surface area contributed by atoms with Gasteiger partial charge in [0.2, 0.25) is 0 Å². The van der Waals surface area contributed by atoms with Gasteiger partial charge in [0.15, 0.2) is 6.29 Å². The van der Waals surface area contributed by atoms with E-state index in [-0.39, 0.29) is 19.6 Å². The second-order valence-corrected chi connectivity index (χ2v) is 19.8. The van der Waals surface area contributed by atoms with Crippen LogP contribution < -0.4 is 0 Å². The highest BCUT2D eigenvalue weighted by Gasteiger charge is 2.48. The molecular weight excluding hydrogens is 873 g/mol. The maximum atomic E-state index is 12.9. The van der Waals surface area contributed by atoms with Crippen LogP contribution in [0.3, 0.4) is 0 Å². The van der Waals surface area contributed by atoms with Crippen LogP contribution in [0.25, 0.3) is 0 Å². The smallest absolute Gasteiger partial charge is 0.397 e. The van der Waals surface area contributed by atoms with Crippen LogP contribution in [0.4, 0.5) is 0 Å². The lowest BCUT2D eigenvalue weighted by molar-refractivity contribution is -0.301. The molecule has 0 aromatic carbocycles. The van der Waals surface area contributed by atoms with Gasteiger partial charge in [-0.05, 0) is 44.9 Å². The maximum Gasteiger partial charge on any atom is 0.397 e. The predicted octanol–water partition coefficient (Wildman–Crippen LogP) is 12.9. The van der Waals surface area contributed by atoms with Crippen molar-refractivity contribution in [2.24, 2.45) is 0 Å². The highest BCUT2D eigenvalue weighted by molar-refractivity contribution is 7.80. The molecule has 1 aliphatic heterocycles. The lowest BCUT2D eigenvalue weighted by Gasteiger charge is -2.41. The summed E-state index contributed by atoms with van der Waals surface area (Å²) in [5.41, 5.74) is 0. The van der Waals surface area contributed by atoms with Gasteiger partial charge in [-0.15, -0.1) is 0 Å². The average molecular weight is 973 g/mol. The first-order valence-electron chi connectivity index (χ1n) is 27.2. The zero-order valence-electron chi connectivity index (χ0n) is 42.5. The van der Waals surface area contributed by atoms with Gasteiger partial charge in [0.1, 0.15) is 30.5 Å². The molecule has 0 aliphatic carbocycles. The summed E-state index contributed by atoms with van der Waals surface area (Å²) >= 11 is 0. The lowest BCUT2D eigenvalue weighted by Crippen LogP contribution is -2.60. The van der Waals surface area contributed by atoms with E-state index >= 15 is 0 Å². The van der Waals surface area contributed by atoms with Crippen molar-refractivity contribution in [1.29, 1.82) is 0 Å². The summed E-state index contributed by atoms with van der Waals surface area (Å²) < 4.78 is 59.3. The molecule has 1 aliphatic rings. The normalized spacial score (nSPS) is 19.6. The summed E-state index contributed by atoms with van der Waals surface area (Å²) in [5, 5.41) is 30.8. The second-order valence-electron chi connectivity index (χ2n) is 18.8. The minimum atomic E-state index is -5.07. The van der Waals surface area contributed by atoms with Crippen molar-refractivity contribution in [2.45, 2.75) is 275 Å². The minimum Gasteiger partial charge on any atom is -0.457 e. The average Bonchev–Trinajstić information content (AvgIpc) is 3.30. The first-order valence-corrected chi connectivity index (χ1v) is 28.6. The van der Waals surface area contributed by atoms with Crippen LogP contribution in [0, 0.1) is 0 Å². The van der Waals surface area contributed by atoms with Crippen molar-refractivity contribution >= 4 is 16.4 Å². The number of unbranched alkanes of at least 4 members (excludes halogenated alkanes) is 29. The van der Waals surface area contributed by atoms with Crippen molar-refractivity contribution in [3.63, 3.8) is 0 Å². The van der Waals surface area contributed by atoms with Crippen LogP contribution >= 0.6 is 0 Å². The van der Waals surface area contributed by atoms with Crippen LogP contribution in [0.15, 0.2) is 36.5 Å². The Kier molecular flexibility index (Phi) is 43.0. The van der Waals surface area contributed by atoms with E-state index in [4.69, 9.17) is 18.9 Å². The maximum absolute atomic E-state index is 12.9. The molecule has 4 N–H and O–H groups in total. The summed E-state index contributed by atoms with van der Waals surface area (Å²) in [6, 6.07) is 0. The van der Waals surface area contributed by atoms with Crippen LogP contribution in [-0.4, -0.2) is 97.5 Å². The van der Waals surface area contributed by atoms with Crippen LogP contribution in [0.5, 0.6) is 0 Å². The fraction of sp³-hybridized carbons (Fsp3) is 0.870. The number of rotatable bonds is 48. The molecule has 1 rings (SSSR count). The number of allylic oxidation sites excluding steroid dienone is 6. The quantitative estimate of drug-likeness (QED) is 0.0197. The molecular formula is C54H100O12S. The van der Waals surface area contributed by atoms with Crippen molar-refractivity contribution < 1.29 is 56.2 Å². The van der Waals surface area contributed by atoms with E-state index in [9.17, 15) is 33.1 Å². The summed E-state index contributed by atoms with van der Waals surface area (Å²) in [6.45, 7) is 3.91. The Hall–Kier alpha value is -1.68. The van der Waals surface area contributed by atoms with Gasteiger partial charge in [-0.25, -0.2) is 4.18 Å². The molecule has 6 atom stereocenters. The van der Waals surface area contributed by atoms with Gasteiger partial charge in [0.05, 0.1) is 19.8 Å². The molecule has 1 fully saturated rings. The third kappa shape index (κ3) is 38.7. The van der Waals surface area contributed by atoms with Crippen LogP contribution in [0.2, 0.25) is 0 Å². The Morgan fingerprint density at radius 1 is 0.582 bits per heavy atom. The number of ether oxygens (including phenoxy) is 4.